The summed E-state index contributed by atoms with van der Waals surface area (Å²) in [6, 6.07) is 10.9. The number of aromatic nitrogens is 1. The van der Waals surface area contributed by atoms with Crippen LogP contribution < -0.4 is 5.73 Å². The summed E-state index contributed by atoms with van der Waals surface area (Å²) >= 11 is 13.7. The van der Waals surface area contributed by atoms with Crippen molar-refractivity contribution in [3.8, 4) is 27.6 Å². The minimum atomic E-state index is 0.142. The minimum absolute atomic E-state index is 0.142. The van der Waals surface area contributed by atoms with Crippen LogP contribution in [0.3, 0.4) is 0 Å². The van der Waals surface area contributed by atoms with Gasteiger partial charge < -0.3 is 5.73 Å². The van der Waals surface area contributed by atoms with Crippen LogP contribution in [0.25, 0.3) is 21.6 Å². The second-order valence-corrected chi connectivity index (χ2v) is 6.99. The lowest BCUT2D eigenvalue weighted by Crippen LogP contribution is -2.12. The van der Waals surface area contributed by atoms with Gasteiger partial charge in [0.15, 0.2) is 0 Å². The fraction of sp³-hybridized carbons (Fsp3) is 0. The van der Waals surface area contributed by atoms with Gasteiger partial charge in [-0.15, -0.1) is 11.3 Å². The molecule has 2 aromatic heterocycles. The SMILES string of the molecule is N#Cc1c(-c2ccncc2)sc(C(N)=NC=N)c1-c1ccc(Cl)cc1Cl. The number of aliphatic imine (C=N–C) groups is 1. The van der Waals surface area contributed by atoms with Crippen LogP contribution in [0.15, 0.2) is 47.7 Å². The van der Waals surface area contributed by atoms with Crippen LogP contribution in [0, 0.1) is 16.7 Å². The first kappa shape index (κ1) is 18.1. The molecule has 1 aromatic carbocycles. The number of thiophene rings is 1. The van der Waals surface area contributed by atoms with E-state index in [2.05, 4.69) is 16.0 Å². The number of nitrogens with zero attached hydrogens (tertiary/aromatic N) is 3. The molecule has 0 aliphatic rings. The molecule has 8 heteroatoms. The smallest absolute Gasteiger partial charge is 0.143 e. The van der Waals surface area contributed by atoms with Gasteiger partial charge in [-0.2, -0.15) is 5.26 Å². The third-order valence-electron chi connectivity index (χ3n) is 3.60. The van der Waals surface area contributed by atoms with Gasteiger partial charge in [0.05, 0.1) is 15.3 Å². The van der Waals surface area contributed by atoms with Gasteiger partial charge in [-0.1, -0.05) is 29.3 Å². The van der Waals surface area contributed by atoms with Gasteiger partial charge in [0.1, 0.15) is 18.2 Å². The number of amidine groups is 1. The minimum Gasteiger partial charge on any atom is -0.382 e. The van der Waals surface area contributed by atoms with E-state index in [0.717, 1.165) is 16.8 Å². The van der Waals surface area contributed by atoms with Crippen LogP contribution in [0.1, 0.15) is 10.4 Å². The van der Waals surface area contributed by atoms with Crippen molar-refractivity contribution in [2.45, 2.75) is 0 Å². The molecule has 26 heavy (non-hydrogen) atoms. The molecular weight excluding hydrogens is 389 g/mol. The first-order chi connectivity index (χ1) is 12.6. The van der Waals surface area contributed by atoms with Crippen LogP contribution in [0.5, 0.6) is 0 Å². The third-order valence-corrected chi connectivity index (χ3v) is 5.41. The highest BCUT2D eigenvalue weighted by molar-refractivity contribution is 7.18. The van der Waals surface area contributed by atoms with Gasteiger partial charge in [0.25, 0.3) is 0 Å². The van der Waals surface area contributed by atoms with Crippen molar-refractivity contribution in [3.05, 3.63) is 63.2 Å². The Morgan fingerprint density at radius 1 is 1.27 bits per heavy atom. The molecule has 0 unspecified atom stereocenters. The zero-order chi connectivity index (χ0) is 18.7. The Balaban J connectivity index is 2.37. The first-order valence-electron chi connectivity index (χ1n) is 7.32. The molecular formula is C18H11Cl2N5S. The number of pyridine rings is 1. The quantitative estimate of drug-likeness (QED) is 0.478. The van der Waals surface area contributed by atoms with Crippen molar-refractivity contribution in [1.82, 2.24) is 4.98 Å². The van der Waals surface area contributed by atoms with Crippen LogP contribution in [0.2, 0.25) is 10.0 Å². The number of benzene rings is 1. The Kier molecular flexibility index (Phi) is 5.33. The summed E-state index contributed by atoms with van der Waals surface area (Å²) in [5.41, 5.74) is 8.53. The molecule has 2 heterocycles. The summed E-state index contributed by atoms with van der Waals surface area (Å²) in [7, 11) is 0. The molecule has 128 valence electrons. The van der Waals surface area contributed by atoms with Crippen LogP contribution in [-0.4, -0.2) is 17.2 Å². The maximum Gasteiger partial charge on any atom is 0.143 e. The number of hydrogen-bond acceptors (Lipinski definition) is 4. The molecule has 0 aliphatic carbocycles. The van der Waals surface area contributed by atoms with Crippen molar-refractivity contribution in [2.75, 3.05) is 0 Å². The second-order valence-electron chi connectivity index (χ2n) is 5.13. The predicted octanol–water partition coefficient (Wildman–Crippen LogP) is 4.97. The highest BCUT2D eigenvalue weighted by atomic mass is 35.5. The zero-order valence-electron chi connectivity index (χ0n) is 13.2. The molecule has 0 fully saturated rings. The number of rotatable bonds is 4. The average Bonchev–Trinajstić information content (AvgIpc) is 3.02. The first-order valence-corrected chi connectivity index (χ1v) is 8.89. The number of nitrogens with two attached hydrogens (primary N) is 1. The fourth-order valence-corrected chi connectivity index (χ4v) is 4.18. The maximum absolute atomic E-state index is 9.84. The van der Waals surface area contributed by atoms with E-state index < -0.39 is 0 Å². The van der Waals surface area contributed by atoms with Gasteiger partial charge >= 0.3 is 0 Å². The summed E-state index contributed by atoms with van der Waals surface area (Å²) in [6.45, 7) is 0. The molecule has 5 nitrogen and oxygen atoms in total. The average molecular weight is 400 g/mol. The summed E-state index contributed by atoms with van der Waals surface area (Å²) in [4.78, 5) is 9.18. The molecule has 3 aromatic rings. The van der Waals surface area contributed by atoms with Crippen LogP contribution in [-0.2, 0) is 0 Å². The van der Waals surface area contributed by atoms with E-state index in [1.807, 2.05) is 12.1 Å². The molecule has 0 radical (unpaired) electrons. The summed E-state index contributed by atoms with van der Waals surface area (Å²) in [5.74, 6) is 0.142. The normalized spacial score (nSPS) is 11.2. The topological polar surface area (TPSA) is 98.9 Å². The van der Waals surface area contributed by atoms with E-state index in [1.54, 1.807) is 30.6 Å². The third kappa shape index (κ3) is 3.33. The highest BCUT2D eigenvalue weighted by Crippen LogP contribution is 2.44. The van der Waals surface area contributed by atoms with Gasteiger partial charge in [-0.25, -0.2) is 4.99 Å². The molecule has 3 N–H and O–H groups in total. The lowest BCUT2D eigenvalue weighted by molar-refractivity contribution is 1.33. The number of hydrogen-bond donors (Lipinski definition) is 2. The summed E-state index contributed by atoms with van der Waals surface area (Å²) in [5, 5.41) is 17.9. The van der Waals surface area contributed by atoms with E-state index in [0.29, 0.717) is 31.6 Å². The lowest BCUT2D eigenvalue weighted by atomic mass is 9.98. The summed E-state index contributed by atoms with van der Waals surface area (Å²) in [6.07, 6.45) is 4.17. The molecule has 0 saturated heterocycles. The van der Waals surface area contributed by atoms with Crippen molar-refractivity contribution < 1.29 is 0 Å². The van der Waals surface area contributed by atoms with Gasteiger partial charge in [0, 0.05) is 33.6 Å². The van der Waals surface area contributed by atoms with Gasteiger partial charge in [-0.3, -0.25) is 10.4 Å². The van der Waals surface area contributed by atoms with Crippen LogP contribution in [0.4, 0.5) is 0 Å². The number of nitriles is 1. The van der Waals surface area contributed by atoms with Crippen molar-refractivity contribution in [2.24, 2.45) is 10.7 Å². The summed E-state index contributed by atoms with van der Waals surface area (Å²) < 4.78 is 0. The Bertz CT molecular complexity index is 1050. The maximum atomic E-state index is 9.84. The molecule has 0 aliphatic heterocycles. The largest absolute Gasteiger partial charge is 0.382 e. The Hall–Kier alpha value is -2.72. The molecule has 0 atom stereocenters. The van der Waals surface area contributed by atoms with E-state index in [4.69, 9.17) is 34.3 Å². The van der Waals surface area contributed by atoms with Gasteiger partial charge in [-0.05, 0) is 29.8 Å². The van der Waals surface area contributed by atoms with E-state index >= 15 is 0 Å². The molecule has 3 rings (SSSR count). The van der Waals surface area contributed by atoms with Crippen molar-refractivity contribution in [1.29, 1.82) is 10.7 Å². The van der Waals surface area contributed by atoms with E-state index in [1.165, 1.54) is 11.3 Å². The standard InChI is InChI=1S/C18H11Cl2N5S/c19-11-1-2-12(14(20)7-11)15-13(8-21)16(10-3-5-24-6-4-10)26-17(15)18(23)25-9-22/h1-7,9H,(H3,22,23,25). The predicted molar refractivity (Wildman–Crippen MR) is 107 cm³/mol. The van der Waals surface area contributed by atoms with Crippen molar-refractivity contribution in [3.63, 3.8) is 0 Å². The fourth-order valence-electron chi connectivity index (χ4n) is 2.50. The second kappa shape index (κ2) is 7.67. The molecule has 0 amide bonds. The Morgan fingerprint density at radius 3 is 2.62 bits per heavy atom. The van der Waals surface area contributed by atoms with Gasteiger partial charge in [0.2, 0.25) is 0 Å². The zero-order valence-corrected chi connectivity index (χ0v) is 15.5. The monoisotopic (exact) mass is 399 g/mol. The molecule has 0 spiro atoms. The van der Waals surface area contributed by atoms with E-state index in [9.17, 15) is 5.26 Å². The highest BCUT2D eigenvalue weighted by Gasteiger charge is 2.24. The molecule has 0 bridgehead atoms. The molecule has 0 saturated carbocycles. The van der Waals surface area contributed by atoms with Crippen LogP contribution >= 0.6 is 34.5 Å². The Morgan fingerprint density at radius 2 is 2.00 bits per heavy atom. The number of halogens is 2. The number of nitrogens with one attached hydrogen (secondary N) is 1. The lowest BCUT2D eigenvalue weighted by Gasteiger charge is -2.07. The van der Waals surface area contributed by atoms with E-state index in [-0.39, 0.29) is 5.84 Å². The van der Waals surface area contributed by atoms with Crippen molar-refractivity contribution >= 4 is 46.7 Å². The Labute approximate surface area is 163 Å².